The lowest BCUT2D eigenvalue weighted by Crippen LogP contribution is -1.88. The van der Waals surface area contributed by atoms with Gasteiger partial charge in [0.15, 0.2) is 0 Å². The van der Waals surface area contributed by atoms with E-state index in [4.69, 9.17) is 10.3 Å². The molecule has 12 heavy (non-hydrogen) atoms. The first-order valence-corrected chi connectivity index (χ1v) is 4.97. The Balaban J connectivity index is 0.000000217. The average molecular weight is 189 g/mol. The summed E-state index contributed by atoms with van der Waals surface area (Å²) in [7, 11) is -3.67. The van der Waals surface area contributed by atoms with E-state index in [1.807, 2.05) is 30.3 Å². The summed E-state index contributed by atoms with van der Waals surface area (Å²) in [5.41, 5.74) is 6.18. The quantitative estimate of drug-likeness (QED) is 0.466. The van der Waals surface area contributed by atoms with E-state index in [0.717, 1.165) is 5.69 Å². The Bertz CT molecular complexity index is 299. The van der Waals surface area contributed by atoms with Gasteiger partial charge in [0.25, 0.3) is 10.1 Å². The van der Waals surface area contributed by atoms with Gasteiger partial charge in [-0.3, -0.25) is 4.55 Å². The van der Waals surface area contributed by atoms with Crippen LogP contribution in [0, 0.1) is 0 Å². The van der Waals surface area contributed by atoms with Crippen LogP contribution in [0.2, 0.25) is 0 Å². The first-order valence-electron chi connectivity index (χ1n) is 3.12. The fourth-order valence-corrected chi connectivity index (χ4v) is 0.453. The van der Waals surface area contributed by atoms with Crippen molar-refractivity contribution in [3.63, 3.8) is 0 Å². The first-order chi connectivity index (χ1) is 5.39. The van der Waals surface area contributed by atoms with Crippen molar-refractivity contribution in [3.8, 4) is 0 Å². The van der Waals surface area contributed by atoms with E-state index in [2.05, 4.69) is 0 Å². The van der Waals surface area contributed by atoms with E-state index < -0.39 is 10.1 Å². The van der Waals surface area contributed by atoms with Gasteiger partial charge in [0.2, 0.25) is 0 Å². The first kappa shape index (κ1) is 10.9. The lowest BCUT2D eigenvalue weighted by atomic mass is 10.3. The second kappa shape index (κ2) is 4.74. The highest BCUT2D eigenvalue weighted by Gasteiger charge is 1.81. The van der Waals surface area contributed by atoms with Gasteiger partial charge in [-0.2, -0.15) is 8.42 Å². The molecule has 0 fully saturated rings. The van der Waals surface area contributed by atoms with Crippen molar-refractivity contribution in [1.82, 2.24) is 0 Å². The van der Waals surface area contributed by atoms with E-state index in [1.165, 1.54) is 0 Å². The van der Waals surface area contributed by atoms with Crippen molar-refractivity contribution in [1.29, 1.82) is 0 Å². The van der Waals surface area contributed by atoms with Gasteiger partial charge in [-0.05, 0) is 12.1 Å². The third-order valence-electron chi connectivity index (χ3n) is 0.800. The number of nitrogens with two attached hydrogens (primary N) is 1. The molecule has 5 heteroatoms. The predicted octanol–water partition coefficient (Wildman–Crippen LogP) is 0.773. The van der Waals surface area contributed by atoms with Crippen molar-refractivity contribution in [2.24, 2.45) is 0 Å². The van der Waals surface area contributed by atoms with Crippen LogP contribution >= 0.6 is 0 Å². The zero-order valence-corrected chi connectivity index (χ0v) is 7.45. The number of anilines is 1. The van der Waals surface area contributed by atoms with Crippen LogP contribution in [0.4, 0.5) is 5.69 Å². The van der Waals surface area contributed by atoms with Gasteiger partial charge < -0.3 is 5.73 Å². The summed E-state index contributed by atoms with van der Waals surface area (Å²) in [5, 5.41) is 0. The Labute approximate surface area is 71.8 Å². The Morgan fingerprint density at radius 1 is 1.25 bits per heavy atom. The molecule has 1 aromatic rings. The van der Waals surface area contributed by atoms with Gasteiger partial charge in [-0.1, -0.05) is 18.2 Å². The van der Waals surface area contributed by atoms with Crippen LogP contribution in [-0.2, 0) is 10.1 Å². The molecule has 4 nitrogen and oxygen atoms in total. The second-order valence-electron chi connectivity index (χ2n) is 2.14. The topological polar surface area (TPSA) is 80.4 Å². The minimum absolute atomic E-state index is 0.715. The molecule has 0 heterocycles. The molecule has 0 amide bonds. The summed E-state index contributed by atoms with van der Waals surface area (Å²) >= 11 is 0. The molecule has 0 aliphatic rings. The Morgan fingerprint density at radius 2 is 1.58 bits per heavy atom. The van der Waals surface area contributed by atoms with E-state index in [0.29, 0.717) is 6.26 Å². The molecule has 0 bridgehead atoms. The van der Waals surface area contributed by atoms with Crippen LogP contribution in [0.1, 0.15) is 0 Å². The van der Waals surface area contributed by atoms with Gasteiger partial charge in [0.1, 0.15) is 0 Å². The highest BCUT2D eigenvalue weighted by atomic mass is 32.2. The normalized spacial score (nSPS) is 9.83. The summed E-state index contributed by atoms with van der Waals surface area (Å²) in [4.78, 5) is 0. The van der Waals surface area contributed by atoms with Crippen LogP contribution in [0.25, 0.3) is 0 Å². The molecular formula is C7H11NO3S. The highest BCUT2D eigenvalue weighted by Crippen LogP contribution is 1.95. The van der Waals surface area contributed by atoms with Crippen molar-refractivity contribution in [3.05, 3.63) is 30.3 Å². The SMILES string of the molecule is CS(=O)(=O)O.Nc1ccccc1. The Morgan fingerprint density at radius 3 is 1.75 bits per heavy atom. The number of benzene rings is 1. The molecule has 0 radical (unpaired) electrons. The fraction of sp³-hybridized carbons (Fsp3) is 0.143. The van der Waals surface area contributed by atoms with Crippen LogP contribution in [0.5, 0.6) is 0 Å². The maximum Gasteiger partial charge on any atom is 0.261 e. The van der Waals surface area contributed by atoms with E-state index in [1.54, 1.807) is 0 Å². The molecule has 0 aliphatic heterocycles. The van der Waals surface area contributed by atoms with Gasteiger partial charge in [-0.25, -0.2) is 0 Å². The number of nitrogen functional groups attached to an aromatic ring is 1. The summed E-state index contributed by atoms with van der Waals surface area (Å²) in [6.45, 7) is 0. The maximum absolute atomic E-state index is 9.19. The summed E-state index contributed by atoms with van der Waals surface area (Å²) in [6, 6.07) is 9.49. The molecule has 0 aromatic heterocycles. The third kappa shape index (κ3) is 11.7. The Hall–Kier alpha value is -1.07. The molecule has 0 spiro atoms. The lowest BCUT2D eigenvalue weighted by molar-refractivity contribution is 0.490. The molecule has 0 unspecified atom stereocenters. The summed E-state index contributed by atoms with van der Waals surface area (Å²) in [5.74, 6) is 0. The zero-order chi connectivity index (χ0) is 9.61. The van der Waals surface area contributed by atoms with Crippen LogP contribution in [0.15, 0.2) is 30.3 Å². The fourth-order valence-electron chi connectivity index (χ4n) is 0.453. The van der Waals surface area contributed by atoms with Gasteiger partial charge in [0.05, 0.1) is 6.26 Å². The molecular weight excluding hydrogens is 178 g/mol. The number of rotatable bonds is 0. The summed E-state index contributed by atoms with van der Waals surface area (Å²) < 4.78 is 25.9. The van der Waals surface area contributed by atoms with E-state index in [9.17, 15) is 8.42 Å². The van der Waals surface area contributed by atoms with E-state index >= 15 is 0 Å². The minimum atomic E-state index is -3.67. The van der Waals surface area contributed by atoms with Crippen molar-refractivity contribution < 1.29 is 13.0 Å². The minimum Gasteiger partial charge on any atom is -0.399 e. The maximum atomic E-state index is 9.19. The molecule has 1 rings (SSSR count). The molecule has 68 valence electrons. The second-order valence-corrected chi connectivity index (χ2v) is 3.61. The zero-order valence-electron chi connectivity index (χ0n) is 6.64. The lowest BCUT2D eigenvalue weighted by Gasteiger charge is -1.83. The largest absolute Gasteiger partial charge is 0.399 e. The number of hydrogen-bond acceptors (Lipinski definition) is 3. The molecule has 0 saturated carbocycles. The molecule has 1 aromatic carbocycles. The van der Waals surface area contributed by atoms with Crippen LogP contribution < -0.4 is 5.73 Å². The third-order valence-corrected chi connectivity index (χ3v) is 0.800. The van der Waals surface area contributed by atoms with E-state index in [-0.39, 0.29) is 0 Å². The highest BCUT2D eigenvalue weighted by molar-refractivity contribution is 7.85. The van der Waals surface area contributed by atoms with Crippen molar-refractivity contribution in [2.75, 3.05) is 12.0 Å². The molecule has 3 N–H and O–H groups in total. The van der Waals surface area contributed by atoms with Gasteiger partial charge in [-0.15, -0.1) is 0 Å². The van der Waals surface area contributed by atoms with Crippen LogP contribution in [0.3, 0.4) is 0 Å². The van der Waals surface area contributed by atoms with Gasteiger partial charge in [0, 0.05) is 5.69 Å². The van der Waals surface area contributed by atoms with Gasteiger partial charge >= 0.3 is 0 Å². The summed E-state index contributed by atoms with van der Waals surface area (Å²) in [6.07, 6.45) is 0.715. The number of hydrogen-bond donors (Lipinski definition) is 2. The Kier molecular flexibility index (Phi) is 4.31. The molecule has 0 atom stereocenters. The standard InChI is InChI=1S/C6H7N.CH4O3S/c7-6-4-2-1-3-5-6;1-5(2,3)4/h1-5H,7H2;1H3,(H,2,3,4). The van der Waals surface area contributed by atoms with Crippen LogP contribution in [-0.4, -0.2) is 19.2 Å². The van der Waals surface area contributed by atoms with Crippen molar-refractivity contribution >= 4 is 15.8 Å². The average Bonchev–Trinajstić information content (AvgIpc) is 1.85. The number of para-hydroxylation sites is 1. The smallest absolute Gasteiger partial charge is 0.261 e. The monoisotopic (exact) mass is 189 g/mol. The van der Waals surface area contributed by atoms with Crippen molar-refractivity contribution in [2.45, 2.75) is 0 Å². The predicted molar refractivity (Wildman–Crippen MR) is 48.3 cm³/mol. The molecule has 0 aliphatic carbocycles. The molecule has 0 saturated heterocycles.